The van der Waals surface area contributed by atoms with Crippen LogP contribution >= 0.6 is 0 Å². The van der Waals surface area contributed by atoms with Gasteiger partial charge in [-0.1, -0.05) is 32.9 Å². The number of likely N-dealkylation sites (N-methyl/N-ethyl adjacent to an activating group) is 1. The van der Waals surface area contributed by atoms with E-state index < -0.39 is 0 Å². The van der Waals surface area contributed by atoms with E-state index in [2.05, 4.69) is 93.9 Å². The van der Waals surface area contributed by atoms with Crippen LogP contribution in [0.1, 0.15) is 88.7 Å². The van der Waals surface area contributed by atoms with E-state index in [1.807, 2.05) is 35.6 Å². The number of piperidine rings is 1. The Morgan fingerprint density at radius 1 is 1.15 bits per heavy atom. The molecule has 4 rings (SSSR count). The number of likely N-dealkylation sites (tertiary alicyclic amines) is 1. The molecule has 0 bridgehead atoms. The van der Waals surface area contributed by atoms with Crippen LogP contribution in [0.3, 0.4) is 0 Å². The van der Waals surface area contributed by atoms with Gasteiger partial charge >= 0.3 is 14.0 Å². The van der Waals surface area contributed by atoms with Gasteiger partial charge in [-0.15, -0.1) is 0 Å². The van der Waals surface area contributed by atoms with Gasteiger partial charge in [0.05, 0.1) is 22.7 Å². The Morgan fingerprint density at radius 2 is 1.82 bits per heavy atom. The number of carbonyl (C=O) groups excluding carboxylic acids is 3. The van der Waals surface area contributed by atoms with Crippen molar-refractivity contribution in [3.8, 4) is 0 Å². The van der Waals surface area contributed by atoms with Crippen LogP contribution in [0.15, 0.2) is 30.6 Å². The molecule has 3 amide bonds. The fourth-order valence-corrected chi connectivity index (χ4v) is 5.89. The van der Waals surface area contributed by atoms with Crippen molar-refractivity contribution in [1.29, 1.82) is 0 Å². The van der Waals surface area contributed by atoms with E-state index in [9.17, 15) is 14.4 Å². The molecule has 3 aromatic rings. The summed E-state index contributed by atoms with van der Waals surface area (Å²) in [7, 11) is 9.70. The number of ether oxygens (including phenoxy) is 1. The molecule has 2 aromatic heterocycles. The molecule has 303 valence electrons. The number of hydrogen-bond donors (Lipinski definition) is 2. The molecule has 0 aliphatic carbocycles. The van der Waals surface area contributed by atoms with Crippen molar-refractivity contribution in [2.45, 2.75) is 99.1 Å². The molecule has 1 aliphatic heterocycles. The summed E-state index contributed by atoms with van der Waals surface area (Å²) >= 11 is 0. The molecule has 1 fully saturated rings. The summed E-state index contributed by atoms with van der Waals surface area (Å²) in [6.45, 7) is 23.5. The quantitative estimate of drug-likeness (QED) is 0.119. The van der Waals surface area contributed by atoms with Gasteiger partial charge in [0.2, 0.25) is 18.7 Å². The van der Waals surface area contributed by atoms with Crippen LogP contribution in [0.25, 0.3) is 11.0 Å². The Bertz CT molecular complexity index is 1660. The van der Waals surface area contributed by atoms with Crippen LogP contribution in [0.5, 0.6) is 0 Å². The first kappa shape index (κ1) is 48.6. The second kappa shape index (κ2) is 24.9. The number of nitrogen functional groups attached to an aromatic ring is 1. The van der Waals surface area contributed by atoms with Gasteiger partial charge in [0.1, 0.15) is 12.1 Å². The molecule has 0 spiro atoms. The molecule has 1 aliphatic rings. The fourth-order valence-electron chi connectivity index (χ4n) is 5.89. The Morgan fingerprint density at radius 3 is 2.42 bits per heavy atom. The first-order valence-corrected chi connectivity index (χ1v) is 19.1. The Balaban J connectivity index is 0.000000621. The van der Waals surface area contributed by atoms with Crippen molar-refractivity contribution in [2.75, 3.05) is 65.0 Å². The number of fused-ring (bicyclic) bond motifs is 1. The summed E-state index contributed by atoms with van der Waals surface area (Å²) in [4.78, 5) is 46.7. The summed E-state index contributed by atoms with van der Waals surface area (Å²) in [6, 6.07) is 4.09. The molecule has 14 heteroatoms. The zero-order valence-corrected chi connectivity index (χ0v) is 35.4. The first-order chi connectivity index (χ1) is 26.0. The summed E-state index contributed by atoms with van der Waals surface area (Å²) in [5, 5.41) is 8.17. The summed E-state index contributed by atoms with van der Waals surface area (Å²) in [5.74, 6) is 1.14. The number of aromatic nitrogens is 4. The third kappa shape index (κ3) is 16.5. The van der Waals surface area contributed by atoms with Gasteiger partial charge in [0.25, 0.3) is 0 Å². The van der Waals surface area contributed by atoms with Crippen molar-refractivity contribution in [3.63, 3.8) is 0 Å². The maximum atomic E-state index is 12.9. The van der Waals surface area contributed by atoms with Gasteiger partial charge < -0.3 is 30.5 Å². The minimum atomic E-state index is -0.143. The number of aryl methyl sites for hydroxylation is 2. The first-order valence-electron chi connectivity index (χ1n) is 19.1. The predicted molar refractivity (Wildman–Crippen MR) is 228 cm³/mol. The second-order valence-corrected chi connectivity index (χ2v) is 15.0. The van der Waals surface area contributed by atoms with Crippen LogP contribution < -0.4 is 11.1 Å². The van der Waals surface area contributed by atoms with Crippen molar-refractivity contribution in [2.24, 2.45) is 5.92 Å². The van der Waals surface area contributed by atoms with Crippen molar-refractivity contribution >= 4 is 55.2 Å². The van der Waals surface area contributed by atoms with Crippen molar-refractivity contribution in [3.05, 3.63) is 53.0 Å². The molecule has 3 heterocycles. The van der Waals surface area contributed by atoms with E-state index in [-0.39, 0.29) is 17.6 Å². The Hall–Kier alpha value is -4.43. The van der Waals surface area contributed by atoms with E-state index >= 15 is 0 Å². The third-order valence-corrected chi connectivity index (χ3v) is 9.41. The average Bonchev–Trinajstić information content (AvgIpc) is 3.51. The normalized spacial score (nSPS) is 14.0. The van der Waals surface area contributed by atoms with Gasteiger partial charge in [0, 0.05) is 58.6 Å². The number of rotatable bonds is 15. The maximum absolute atomic E-state index is 12.9. The Kier molecular flexibility index (Phi) is 22.0. The van der Waals surface area contributed by atoms with E-state index in [0.29, 0.717) is 24.7 Å². The van der Waals surface area contributed by atoms with Gasteiger partial charge in [-0.2, -0.15) is 5.10 Å². The zero-order valence-electron chi connectivity index (χ0n) is 35.4. The van der Waals surface area contributed by atoms with Crippen LogP contribution in [0.2, 0.25) is 0 Å². The van der Waals surface area contributed by atoms with Gasteiger partial charge in [-0.05, 0) is 102 Å². The standard InChI is InChI=1S/C26H43N7O2.C11H15NO.C3H7NO.CH2B/c1-19(2)11-16-35-26(4,5)12-15-31(6)13-8-10-22(34)32-14-7-9-21(17-32)33-25-23(20(3)30-33)24(27)28-18-29-25;1-4-10-5-6-11(12-7-13)9(3)8(10)2;1-4(2)3-5;1-2/h8,10,18-19,21H,7,9,11-17H2,1-6H3,(H2,27,28,29);5-7H,4H2,1-3H3,(H,12,13);3H,1-2H3;1H2/b10-8+;;;. The molecule has 55 heavy (non-hydrogen) atoms. The molecular formula is C41H67BN9O4. The monoisotopic (exact) mass is 761 g/mol. The number of nitrogens with two attached hydrogens (primary N) is 1. The molecule has 1 atom stereocenters. The fraction of sp³-hybridized carbons (Fsp3) is 0.585. The summed E-state index contributed by atoms with van der Waals surface area (Å²) < 4.78 is 7.99. The molecule has 0 saturated carbocycles. The Labute approximate surface area is 331 Å². The van der Waals surface area contributed by atoms with Crippen LogP contribution in [-0.4, -0.2) is 127 Å². The molecule has 13 nitrogen and oxygen atoms in total. The van der Waals surface area contributed by atoms with E-state index in [1.165, 1.54) is 22.4 Å². The molecule has 1 unspecified atom stereocenters. The summed E-state index contributed by atoms with van der Waals surface area (Å²) in [6.07, 6.45) is 11.5. The van der Waals surface area contributed by atoms with Crippen LogP contribution in [0, 0.1) is 26.7 Å². The van der Waals surface area contributed by atoms with Crippen molar-refractivity contribution in [1.82, 2.24) is 34.4 Å². The molecular weight excluding hydrogens is 693 g/mol. The van der Waals surface area contributed by atoms with Gasteiger partial charge in [0.15, 0.2) is 5.65 Å². The van der Waals surface area contributed by atoms with E-state index in [1.54, 1.807) is 20.2 Å². The number of hydrogen-bond acceptors (Lipinski definition) is 9. The summed E-state index contributed by atoms with van der Waals surface area (Å²) in [5.41, 5.74) is 12.1. The number of nitrogens with one attached hydrogen (secondary N) is 1. The minimum absolute atomic E-state index is 0.0442. The zero-order chi connectivity index (χ0) is 41.7. The SMILES string of the molecule is CCc1ccc(NC=O)c(C)c1C.CN(C)C=O.Cc1nn(C2CCCN(C(=O)/C=C/CN(C)CCC(C)(C)OCCC(C)C)C2)c2ncnc(N)c12.[B]=C. The molecule has 3 N–H and O–H groups in total. The van der Waals surface area contributed by atoms with Crippen LogP contribution in [-0.2, 0) is 25.5 Å². The van der Waals surface area contributed by atoms with E-state index in [0.717, 1.165) is 92.7 Å². The second-order valence-electron chi connectivity index (χ2n) is 15.0. The molecule has 1 radical (unpaired) electrons. The topological polar surface area (TPSA) is 152 Å². The number of amides is 3. The number of benzene rings is 1. The van der Waals surface area contributed by atoms with E-state index in [4.69, 9.17) is 10.5 Å². The van der Waals surface area contributed by atoms with Gasteiger partial charge in [-0.25, -0.2) is 14.6 Å². The van der Waals surface area contributed by atoms with Gasteiger partial charge in [-0.3, -0.25) is 14.4 Å². The number of carbonyl (C=O) groups is 3. The number of nitrogens with zero attached hydrogens (tertiary/aromatic N) is 7. The third-order valence-electron chi connectivity index (χ3n) is 9.41. The average molecular weight is 761 g/mol. The number of anilines is 2. The molecule has 1 aromatic carbocycles. The van der Waals surface area contributed by atoms with Crippen LogP contribution in [0.4, 0.5) is 11.5 Å². The molecule has 1 saturated heterocycles. The predicted octanol–water partition coefficient (Wildman–Crippen LogP) is 5.33. The van der Waals surface area contributed by atoms with Crippen molar-refractivity contribution < 1.29 is 19.1 Å².